The summed E-state index contributed by atoms with van der Waals surface area (Å²) in [6.45, 7) is 7.87. The number of pyridine rings is 1. The Morgan fingerprint density at radius 3 is 2.60 bits per heavy atom. The van der Waals surface area contributed by atoms with Crippen LogP contribution in [0.5, 0.6) is 5.75 Å². The summed E-state index contributed by atoms with van der Waals surface area (Å²) >= 11 is 0. The first-order valence-electron chi connectivity index (χ1n) is 8.18. The Labute approximate surface area is 146 Å². The molecule has 25 heavy (non-hydrogen) atoms. The first kappa shape index (κ1) is 19.2. The summed E-state index contributed by atoms with van der Waals surface area (Å²) in [5, 5.41) is 7.68. The van der Waals surface area contributed by atoms with Crippen LogP contribution in [0.3, 0.4) is 0 Å². The quantitative estimate of drug-likeness (QED) is 0.819. The average molecular weight is 350 g/mol. The number of hydrogen-bond acceptors (Lipinski definition) is 5. The van der Waals surface area contributed by atoms with Gasteiger partial charge >= 0.3 is 0 Å². The molecule has 0 bridgehead atoms. The standard InChI is InChI=1S/C18H24F2N4O/c1-11(2)8-18(4,21)10-25-15-6-5-14(23-16(15)17(19)20)13-7-12(3)24-22-9-13/h5-7,9,11,17H,8,10,21H2,1-4H3/t18-/m0/s1. The molecule has 0 spiro atoms. The fourth-order valence-corrected chi connectivity index (χ4v) is 2.75. The topological polar surface area (TPSA) is 73.9 Å². The number of aryl methyl sites for hydroxylation is 1. The molecule has 0 amide bonds. The molecule has 0 aliphatic heterocycles. The van der Waals surface area contributed by atoms with Crippen molar-refractivity contribution in [2.75, 3.05) is 6.61 Å². The van der Waals surface area contributed by atoms with Gasteiger partial charge in [0.25, 0.3) is 6.43 Å². The van der Waals surface area contributed by atoms with E-state index >= 15 is 0 Å². The van der Waals surface area contributed by atoms with Crippen LogP contribution in [0.4, 0.5) is 8.78 Å². The third kappa shape index (κ3) is 5.42. The maximum absolute atomic E-state index is 13.4. The van der Waals surface area contributed by atoms with E-state index in [-0.39, 0.29) is 12.4 Å². The molecule has 0 aliphatic carbocycles. The summed E-state index contributed by atoms with van der Waals surface area (Å²) in [6.07, 6.45) is -0.533. The van der Waals surface area contributed by atoms with Crippen molar-refractivity contribution in [1.29, 1.82) is 0 Å². The zero-order valence-corrected chi connectivity index (χ0v) is 15.0. The van der Waals surface area contributed by atoms with Crippen molar-refractivity contribution in [3.05, 3.63) is 35.8 Å². The van der Waals surface area contributed by atoms with E-state index in [2.05, 4.69) is 29.0 Å². The lowest BCUT2D eigenvalue weighted by molar-refractivity contribution is 0.134. The number of halogens is 2. The highest BCUT2D eigenvalue weighted by atomic mass is 19.3. The number of ether oxygens (including phenoxy) is 1. The van der Waals surface area contributed by atoms with Gasteiger partial charge < -0.3 is 10.5 Å². The van der Waals surface area contributed by atoms with Crippen LogP contribution in [0, 0.1) is 12.8 Å². The van der Waals surface area contributed by atoms with Crippen LogP contribution in [0.2, 0.25) is 0 Å². The van der Waals surface area contributed by atoms with Crippen LogP contribution in [0.15, 0.2) is 24.4 Å². The summed E-state index contributed by atoms with van der Waals surface area (Å²) in [4.78, 5) is 4.06. The van der Waals surface area contributed by atoms with Crippen LogP contribution >= 0.6 is 0 Å². The molecular formula is C18H24F2N4O. The Morgan fingerprint density at radius 2 is 2.00 bits per heavy atom. The summed E-state index contributed by atoms with van der Waals surface area (Å²) in [6, 6.07) is 4.88. The second-order valence-electron chi connectivity index (χ2n) is 7.01. The molecular weight excluding hydrogens is 326 g/mol. The van der Waals surface area contributed by atoms with E-state index in [4.69, 9.17) is 10.5 Å². The van der Waals surface area contributed by atoms with E-state index in [0.29, 0.717) is 22.9 Å². The number of nitrogens with two attached hydrogens (primary N) is 1. The van der Waals surface area contributed by atoms with E-state index in [1.54, 1.807) is 19.1 Å². The number of alkyl halides is 2. The Morgan fingerprint density at radius 1 is 1.28 bits per heavy atom. The Balaban J connectivity index is 2.25. The maximum atomic E-state index is 13.4. The van der Waals surface area contributed by atoms with Gasteiger partial charge in [-0.15, -0.1) is 0 Å². The van der Waals surface area contributed by atoms with Gasteiger partial charge in [-0.05, 0) is 44.4 Å². The predicted octanol–water partition coefficient (Wildman–Crippen LogP) is 3.93. The summed E-state index contributed by atoms with van der Waals surface area (Å²) in [5.41, 5.74) is 6.90. The Hall–Kier alpha value is -2.15. The smallest absolute Gasteiger partial charge is 0.284 e. The normalized spacial score (nSPS) is 14.0. The molecule has 0 aromatic carbocycles. The summed E-state index contributed by atoms with van der Waals surface area (Å²) in [5.74, 6) is 0.439. The van der Waals surface area contributed by atoms with Gasteiger partial charge in [-0.1, -0.05) is 13.8 Å². The first-order valence-corrected chi connectivity index (χ1v) is 8.18. The monoisotopic (exact) mass is 350 g/mol. The summed E-state index contributed by atoms with van der Waals surface area (Å²) in [7, 11) is 0. The number of rotatable bonds is 7. The van der Waals surface area contributed by atoms with Crippen molar-refractivity contribution in [3.8, 4) is 17.0 Å². The number of nitrogens with zero attached hydrogens (tertiary/aromatic N) is 3. The van der Waals surface area contributed by atoms with Gasteiger partial charge in [0.1, 0.15) is 18.1 Å². The zero-order valence-electron chi connectivity index (χ0n) is 15.0. The lowest BCUT2D eigenvalue weighted by Gasteiger charge is -2.27. The van der Waals surface area contributed by atoms with Gasteiger partial charge in [-0.2, -0.15) is 10.2 Å². The van der Waals surface area contributed by atoms with Gasteiger partial charge in [0.05, 0.1) is 17.6 Å². The van der Waals surface area contributed by atoms with E-state index < -0.39 is 17.7 Å². The largest absolute Gasteiger partial charge is 0.490 e. The SMILES string of the molecule is Cc1cc(-c2ccc(OC[C@@](C)(N)CC(C)C)c(C(F)F)n2)cnn1. The van der Waals surface area contributed by atoms with E-state index in [1.165, 1.54) is 12.3 Å². The van der Waals surface area contributed by atoms with Crippen molar-refractivity contribution in [1.82, 2.24) is 15.2 Å². The van der Waals surface area contributed by atoms with Gasteiger partial charge in [-0.25, -0.2) is 13.8 Å². The second kappa shape index (κ2) is 7.82. The highest BCUT2D eigenvalue weighted by Gasteiger charge is 2.24. The third-order valence-corrected chi connectivity index (χ3v) is 3.60. The van der Waals surface area contributed by atoms with Gasteiger partial charge in [0, 0.05) is 11.1 Å². The van der Waals surface area contributed by atoms with Crippen LogP contribution in [0.25, 0.3) is 11.3 Å². The molecule has 0 radical (unpaired) electrons. The number of hydrogen-bond donors (Lipinski definition) is 1. The van der Waals surface area contributed by atoms with E-state index in [9.17, 15) is 8.78 Å². The van der Waals surface area contributed by atoms with Crippen LogP contribution in [-0.4, -0.2) is 27.3 Å². The zero-order chi connectivity index (χ0) is 18.6. The molecule has 2 heterocycles. The number of aromatic nitrogens is 3. The van der Waals surface area contributed by atoms with Crippen molar-refractivity contribution in [3.63, 3.8) is 0 Å². The van der Waals surface area contributed by atoms with Gasteiger partial charge in [0.2, 0.25) is 0 Å². The van der Waals surface area contributed by atoms with Crippen LogP contribution < -0.4 is 10.5 Å². The lowest BCUT2D eigenvalue weighted by Crippen LogP contribution is -2.43. The molecule has 7 heteroatoms. The lowest BCUT2D eigenvalue weighted by atomic mass is 9.93. The highest BCUT2D eigenvalue weighted by molar-refractivity contribution is 5.59. The van der Waals surface area contributed by atoms with E-state index in [0.717, 1.165) is 6.42 Å². The molecule has 2 aromatic heterocycles. The predicted molar refractivity (Wildman–Crippen MR) is 92.5 cm³/mol. The molecule has 0 fully saturated rings. The van der Waals surface area contributed by atoms with Crippen molar-refractivity contribution in [2.45, 2.75) is 46.1 Å². The third-order valence-electron chi connectivity index (χ3n) is 3.60. The molecule has 0 aliphatic rings. The molecule has 0 unspecified atom stereocenters. The van der Waals surface area contributed by atoms with Gasteiger partial charge in [-0.3, -0.25) is 0 Å². The molecule has 2 N–H and O–H groups in total. The maximum Gasteiger partial charge on any atom is 0.284 e. The minimum Gasteiger partial charge on any atom is -0.490 e. The van der Waals surface area contributed by atoms with Crippen LogP contribution in [0.1, 0.15) is 45.0 Å². The summed E-state index contributed by atoms with van der Waals surface area (Å²) < 4.78 is 32.4. The molecule has 2 aromatic rings. The minimum absolute atomic E-state index is 0.0536. The fraction of sp³-hybridized carbons (Fsp3) is 0.500. The Kier molecular flexibility index (Phi) is 6.00. The van der Waals surface area contributed by atoms with E-state index in [1.807, 2.05) is 6.92 Å². The fourth-order valence-electron chi connectivity index (χ4n) is 2.75. The molecule has 1 atom stereocenters. The van der Waals surface area contributed by atoms with Gasteiger partial charge in [0.15, 0.2) is 0 Å². The molecule has 5 nitrogen and oxygen atoms in total. The van der Waals surface area contributed by atoms with Crippen molar-refractivity contribution in [2.24, 2.45) is 11.7 Å². The minimum atomic E-state index is -2.75. The molecule has 0 saturated heterocycles. The first-order chi connectivity index (χ1) is 11.7. The molecule has 136 valence electrons. The Bertz CT molecular complexity index is 720. The molecule has 2 rings (SSSR count). The average Bonchev–Trinajstić information content (AvgIpc) is 2.51. The van der Waals surface area contributed by atoms with Crippen LogP contribution in [-0.2, 0) is 0 Å². The highest BCUT2D eigenvalue weighted by Crippen LogP contribution is 2.31. The molecule has 0 saturated carbocycles. The van der Waals surface area contributed by atoms with Crippen molar-refractivity contribution >= 4 is 0 Å². The van der Waals surface area contributed by atoms with Crippen molar-refractivity contribution < 1.29 is 13.5 Å². The second-order valence-corrected chi connectivity index (χ2v) is 7.01.